The van der Waals surface area contributed by atoms with E-state index in [4.69, 9.17) is 11.6 Å². The number of carbonyl (C=O) groups excluding carboxylic acids is 1. The molecule has 0 aromatic carbocycles. The molecule has 1 fully saturated rings. The van der Waals surface area contributed by atoms with E-state index >= 15 is 0 Å². The number of hydrogen-bond acceptors (Lipinski definition) is 3. The SMILES string of the molecule is CC1(C)CCC(NC(=O)c2cnc(Cl)cn2)C1. The van der Waals surface area contributed by atoms with Crippen LogP contribution in [0.4, 0.5) is 0 Å². The van der Waals surface area contributed by atoms with Gasteiger partial charge in [-0.2, -0.15) is 0 Å². The van der Waals surface area contributed by atoms with Crippen molar-refractivity contribution in [3.05, 3.63) is 23.2 Å². The summed E-state index contributed by atoms with van der Waals surface area (Å²) >= 11 is 5.62. The lowest BCUT2D eigenvalue weighted by Crippen LogP contribution is -2.34. The van der Waals surface area contributed by atoms with Crippen LogP contribution in [-0.2, 0) is 0 Å². The zero-order valence-corrected chi connectivity index (χ0v) is 10.8. The number of nitrogens with one attached hydrogen (secondary N) is 1. The molecule has 1 amide bonds. The first-order valence-electron chi connectivity index (χ1n) is 5.75. The van der Waals surface area contributed by atoms with Gasteiger partial charge in [0.2, 0.25) is 0 Å². The van der Waals surface area contributed by atoms with Crippen molar-refractivity contribution in [1.82, 2.24) is 15.3 Å². The van der Waals surface area contributed by atoms with Gasteiger partial charge < -0.3 is 5.32 Å². The molecule has 17 heavy (non-hydrogen) atoms. The number of rotatable bonds is 2. The fourth-order valence-electron chi connectivity index (χ4n) is 2.25. The van der Waals surface area contributed by atoms with Crippen molar-refractivity contribution in [2.75, 3.05) is 0 Å². The van der Waals surface area contributed by atoms with Crippen molar-refractivity contribution in [2.45, 2.75) is 39.2 Å². The van der Waals surface area contributed by atoms with Gasteiger partial charge in [0.05, 0.1) is 12.4 Å². The van der Waals surface area contributed by atoms with Gasteiger partial charge in [-0.05, 0) is 24.7 Å². The highest BCUT2D eigenvalue weighted by atomic mass is 35.5. The third-order valence-electron chi connectivity index (χ3n) is 3.16. The van der Waals surface area contributed by atoms with Crippen LogP contribution in [0.1, 0.15) is 43.6 Å². The molecule has 0 saturated heterocycles. The highest BCUT2D eigenvalue weighted by Crippen LogP contribution is 2.36. The van der Waals surface area contributed by atoms with Gasteiger partial charge in [-0.25, -0.2) is 9.97 Å². The predicted molar refractivity (Wildman–Crippen MR) is 65.9 cm³/mol. The van der Waals surface area contributed by atoms with Gasteiger partial charge in [-0.3, -0.25) is 4.79 Å². The molecule has 2 rings (SSSR count). The summed E-state index contributed by atoms with van der Waals surface area (Å²) in [5.74, 6) is -0.170. The smallest absolute Gasteiger partial charge is 0.271 e. The number of nitrogens with zero attached hydrogens (tertiary/aromatic N) is 2. The third kappa shape index (κ3) is 3.16. The van der Waals surface area contributed by atoms with Crippen LogP contribution in [0.5, 0.6) is 0 Å². The number of hydrogen-bond donors (Lipinski definition) is 1. The Hall–Kier alpha value is -1.16. The van der Waals surface area contributed by atoms with Gasteiger partial charge in [0.15, 0.2) is 0 Å². The second kappa shape index (κ2) is 4.61. The Labute approximate surface area is 106 Å². The Kier molecular flexibility index (Phi) is 3.33. The van der Waals surface area contributed by atoms with E-state index < -0.39 is 0 Å². The van der Waals surface area contributed by atoms with E-state index in [1.165, 1.54) is 12.4 Å². The first-order valence-corrected chi connectivity index (χ1v) is 6.12. The van der Waals surface area contributed by atoms with Gasteiger partial charge in [-0.1, -0.05) is 25.4 Å². The van der Waals surface area contributed by atoms with Crippen molar-refractivity contribution in [3.63, 3.8) is 0 Å². The molecule has 5 heteroatoms. The molecular formula is C12H16ClN3O. The number of amides is 1. The average molecular weight is 254 g/mol. The van der Waals surface area contributed by atoms with Gasteiger partial charge in [0, 0.05) is 6.04 Å². The summed E-state index contributed by atoms with van der Waals surface area (Å²) in [6.45, 7) is 4.45. The molecule has 92 valence electrons. The van der Waals surface area contributed by atoms with Crippen LogP contribution in [0.15, 0.2) is 12.4 Å². The van der Waals surface area contributed by atoms with Crippen LogP contribution < -0.4 is 5.32 Å². The van der Waals surface area contributed by atoms with Crippen LogP contribution in [0.2, 0.25) is 5.15 Å². The fraction of sp³-hybridized carbons (Fsp3) is 0.583. The molecule has 0 radical (unpaired) electrons. The van der Waals surface area contributed by atoms with Crippen molar-refractivity contribution >= 4 is 17.5 Å². The second-order valence-electron chi connectivity index (χ2n) is 5.30. The van der Waals surface area contributed by atoms with Gasteiger partial charge in [0.1, 0.15) is 10.8 Å². The molecule has 1 saturated carbocycles. The minimum Gasteiger partial charge on any atom is -0.348 e. The molecule has 1 aliphatic carbocycles. The molecule has 0 spiro atoms. The van der Waals surface area contributed by atoms with Crippen LogP contribution in [0, 0.1) is 5.41 Å². The number of aromatic nitrogens is 2. The van der Waals surface area contributed by atoms with Crippen LogP contribution in [-0.4, -0.2) is 21.9 Å². The normalized spacial score (nSPS) is 22.4. The molecular weight excluding hydrogens is 238 g/mol. The Morgan fingerprint density at radius 2 is 2.24 bits per heavy atom. The largest absolute Gasteiger partial charge is 0.348 e. The summed E-state index contributed by atoms with van der Waals surface area (Å²) in [5, 5.41) is 3.28. The highest BCUT2D eigenvalue weighted by molar-refractivity contribution is 6.29. The zero-order valence-electron chi connectivity index (χ0n) is 10.0. The van der Waals surface area contributed by atoms with Crippen LogP contribution in [0.3, 0.4) is 0 Å². The molecule has 0 bridgehead atoms. The Morgan fingerprint density at radius 3 is 2.76 bits per heavy atom. The summed E-state index contributed by atoms with van der Waals surface area (Å²) in [6, 6.07) is 0.245. The molecule has 1 aromatic heterocycles. The van der Waals surface area contributed by atoms with E-state index in [0.717, 1.165) is 19.3 Å². The zero-order chi connectivity index (χ0) is 12.5. The molecule has 1 aliphatic rings. The predicted octanol–water partition coefficient (Wildman–Crippen LogP) is 2.44. The van der Waals surface area contributed by atoms with Crippen LogP contribution in [0.25, 0.3) is 0 Å². The van der Waals surface area contributed by atoms with Crippen molar-refractivity contribution in [1.29, 1.82) is 0 Å². The van der Waals surface area contributed by atoms with E-state index in [-0.39, 0.29) is 11.9 Å². The first kappa shape index (κ1) is 12.3. The molecule has 1 N–H and O–H groups in total. The summed E-state index contributed by atoms with van der Waals surface area (Å²) in [5.41, 5.74) is 0.642. The Balaban J connectivity index is 1.96. The standard InChI is InChI=1S/C12H16ClN3O/c1-12(2)4-3-8(5-12)16-11(17)9-6-15-10(13)7-14-9/h6-8H,3-5H2,1-2H3,(H,16,17). The van der Waals surface area contributed by atoms with Gasteiger partial charge in [-0.15, -0.1) is 0 Å². The van der Waals surface area contributed by atoms with E-state index in [1.807, 2.05) is 0 Å². The monoisotopic (exact) mass is 253 g/mol. The Bertz CT molecular complexity index is 416. The Morgan fingerprint density at radius 1 is 1.47 bits per heavy atom. The molecule has 1 atom stereocenters. The topological polar surface area (TPSA) is 54.9 Å². The molecule has 4 nitrogen and oxygen atoms in total. The highest BCUT2D eigenvalue weighted by Gasteiger charge is 2.31. The quantitative estimate of drug-likeness (QED) is 0.881. The minimum atomic E-state index is -0.170. The molecule has 1 aromatic rings. The summed E-state index contributed by atoms with van der Waals surface area (Å²) in [4.78, 5) is 19.7. The molecule has 0 aliphatic heterocycles. The van der Waals surface area contributed by atoms with E-state index in [9.17, 15) is 4.79 Å². The van der Waals surface area contributed by atoms with Crippen molar-refractivity contribution in [3.8, 4) is 0 Å². The van der Waals surface area contributed by atoms with Crippen LogP contribution >= 0.6 is 11.6 Å². The molecule has 1 heterocycles. The lowest BCUT2D eigenvalue weighted by Gasteiger charge is -2.17. The first-order chi connectivity index (χ1) is 7.96. The van der Waals surface area contributed by atoms with Gasteiger partial charge >= 0.3 is 0 Å². The summed E-state index contributed by atoms with van der Waals surface area (Å²) in [7, 11) is 0. The second-order valence-corrected chi connectivity index (χ2v) is 5.69. The van der Waals surface area contributed by atoms with E-state index in [0.29, 0.717) is 16.3 Å². The van der Waals surface area contributed by atoms with Crippen molar-refractivity contribution in [2.24, 2.45) is 5.41 Å². The van der Waals surface area contributed by atoms with Gasteiger partial charge in [0.25, 0.3) is 5.91 Å². The lowest BCUT2D eigenvalue weighted by molar-refractivity contribution is 0.0930. The minimum absolute atomic E-state index is 0.170. The number of halogens is 1. The fourth-order valence-corrected chi connectivity index (χ4v) is 2.35. The van der Waals surface area contributed by atoms with E-state index in [1.54, 1.807) is 0 Å². The molecule has 1 unspecified atom stereocenters. The summed E-state index contributed by atoms with van der Waals surface area (Å²) in [6.07, 6.45) is 5.97. The number of carbonyl (C=O) groups is 1. The maximum Gasteiger partial charge on any atom is 0.271 e. The van der Waals surface area contributed by atoms with E-state index in [2.05, 4.69) is 29.1 Å². The maximum absolute atomic E-state index is 11.9. The maximum atomic E-state index is 11.9. The summed E-state index contributed by atoms with van der Waals surface area (Å²) < 4.78 is 0. The van der Waals surface area contributed by atoms with Crippen molar-refractivity contribution < 1.29 is 4.79 Å². The average Bonchev–Trinajstić information content (AvgIpc) is 2.59. The third-order valence-corrected chi connectivity index (χ3v) is 3.35. The lowest BCUT2D eigenvalue weighted by atomic mass is 9.92.